The maximum absolute atomic E-state index is 8.25. The molecule has 422 valence electrons. The van der Waals surface area contributed by atoms with Gasteiger partial charge < -0.3 is 17.8 Å². The monoisotopic (exact) mass is 1180 g/mol. The Kier molecular flexibility index (Phi) is 9.93. The Balaban J connectivity index is 0.0000000890. The molecule has 2 aromatic carbocycles. The van der Waals surface area contributed by atoms with Gasteiger partial charge in [0.05, 0.1) is 97.3 Å². The van der Waals surface area contributed by atoms with Crippen LogP contribution in [-0.4, -0.2) is 58.0 Å². The first kappa shape index (κ1) is 46.4. The number of furan rings is 1. The van der Waals surface area contributed by atoms with Gasteiger partial charge in [-0.1, -0.05) is 47.7 Å². The van der Waals surface area contributed by atoms with Gasteiger partial charge in [0.2, 0.25) is 11.3 Å². The summed E-state index contributed by atoms with van der Waals surface area (Å²) in [4.78, 5) is 34.6. The Morgan fingerprint density at radius 2 is 1.01 bits per heavy atom. The van der Waals surface area contributed by atoms with Crippen LogP contribution in [0.1, 0.15) is 26.4 Å². The maximum Gasteiger partial charge on any atom is 0.385 e. The number of hydrogen-bond acceptors (Lipinski definition) is 12. The van der Waals surface area contributed by atoms with Crippen molar-refractivity contribution < 1.29 is 35.6 Å². The topological polar surface area (TPSA) is 177 Å². The summed E-state index contributed by atoms with van der Waals surface area (Å²) in [6.45, 7) is 0.742. The van der Waals surface area contributed by atoms with Crippen LogP contribution in [0.2, 0.25) is 0 Å². The fourth-order valence-corrected chi connectivity index (χ4v) is 14.6. The summed E-state index contributed by atoms with van der Waals surface area (Å²) >= 11 is 1.65. The Bertz CT molecular complexity index is 5900. The molecule has 4 aliphatic heterocycles. The van der Waals surface area contributed by atoms with Crippen molar-refractivity contribution in [3.63, 3.8) is 0 Å². The minimum Gasteiger partial charge on any atom is -0.418 e. The van der Waals surface area contributed by atoms with E-state index >= 15 is 0 Å². The number of pyridine rings is 7. The van der Waals surface area contributed by atoms with E-state index in [4.69, 9.17) is 17.4 Å². The molecule has 22 rings (SSSR count). The highest BCUT2D eigenvalue weighted by molar-refractivity contribution is 7.25. The van der Waals surface area contributed by atoms with E-state index in [-0.39, 0.29) is 0 Å². The van der Waals surface area contributed by atoms with Gasteiger partial charge in [-0.25, -0.2) is 18.1 Å². The lowest BCUT2D eigenvalue weighted by molar-refractivity contribution is -0.648. The van der Waals surface area contributed by atoms with Gasteiger partial charge in [-0.3, -0.25) is 39.9 Å². The molecule has 89 heavy (non-hydrogen) atoms. The Labute approximate surface area is 511 Å². The molecule has 0 fully saturated rings. The lowest BCUT2D eigenvalue weighted by Crippen LogP contribution is -2.32. The molecule has 0 unspecified atom stereocenters. The van der Waals surface area contributed by atoms with E-state index in [0.29, 0.717) is 23.5 Å². The number of nitrogens with zero attached hydrogens (tertiary/aromatic N) is 16. The van der Waals surface area contributed by atoms with Crippen molar-refractivity contribution in [1.29, 1.82) is 0 Å². The largest absolute Gasteiger partial charge is 0.418 e. The highest BCUT2D eigenvalue weighted by Gasteiger charge is 2.41. The van der Waals surface area contributed by atoms with E-state index in [1.165, 1.54) is 59.4 Å². The summed E-state index contributed by atoms with van der Waals surface area (Å²) in [5, 5.41) is 3.12. The molecule has 18 aromatic rings. The van der Waals surface area contributed by atoms with E-state index in [1.54, 1.807) is 48.5 Å². The van der Waals surface area contributed by atoms with Gasteiger partial charge in [0.25, 0.3) is 27.5 Å². The zero-order valence-corrected chi connectivity index (χ0v) is 47.6. The van der Waals surface area contributed by atoms with E-state index in [9.17, 15) is 0 Å². The van der Waals surface area contributed by atoms with Gasteiger partial charge in [0.15, 0.2) is 24.2 Å². The summed E-state index contributed by atoms with van der Waals surface area (Å²) in [5.74, 6) is 4.51. The standard InChI is InChI=1S/C21H16N5.C20H14N5.C14H8N3O2.C14H8N3OS/c1-24-18-12-23-10-8-17(18)19-21(24)26(15-5-3-2-4-6-15)20-16-7-9-22-11-14(16)13-25(19)20;1-2-4-15(5-3-1)25-18-10-16-12-22-8-9-23(16)20(18)24-13-14-11-21-7-6-17(14)19(24)25;1-3-15-5-8-7-17-12-10-2-4-16-6-11(10)18-14(12)19-13(17)9(1)8;1-3-15-5-8-7-17-12-10-2-4-16-6-11(10)19-14(12)18-13(17)9(1)8/h2-12H,13H2,1H3;1-12H,13H2;2*1-6H,7H2/q4*+1/i1D3;;;. The number of hydrogen-bond donors (Lipinski definition) is 0. The third kappa shape index (κ3) is 7.25. The van der Waals surface area contributed by atoms with Gasteiger partial charge >= 0.3 is 23.1 Å². The number of rotatable bonds is 2. The van der Waals surface area contributed by atoms with E-state index in [1.807, 2.05) is 133 Å². The Hall–Kier alpha value is -11.9. The lowest BCUT2D eigenvalue weighted by Gasteiger charge is -2.03. The maximum atomic E-state index is 8.25. The van der Waals surface area contributed by atoms with Crippen molar-refractivity contribution in [2.45, 2.75) is 26.2 Å². The van der Waals surface area contributed by atoms with Crippen LogP contribution in [-0.2, 0) is 33.2 Å². The Morgan fingerprint density at radius 1 is 0.461 bits per heavy atom. The van der Waals surface area contributed by atoms with Crippen molar-refractivity contribution in [3.05, 3.63) is 237 Å². The van der Waals surface area contributed by atoms with Gasteiger partial charge in [-0.15, -0.1) is 4.57 Å². The van der Waals surface area contributed by atoms with Crippen molar-refractivity contribution in [3.8, 4) is 57.1 Å². The van der Waals surface area contributed by atoms with Crippen molar-refractivity contribution >= 4 is 92.8 Å². The van der Waals surface area contributed by atoms with Crippen LogP contribution >= 0.6 is 11.3 Å². The minimum atomic E-state index is -2.34. The van der Waals surface area contributed by atoms with Gasteiger partial charge in [0.1, 0.15) is 23.4 Å². The molecule has 20 heteroatoms. The fourth-order valence-electron chi connectivity index (χ4n) is 13.6. The van der Waals surface area contributed by atoms with E-state index in [2.05, 4.69) is 116 Å². The SMILES string of the molecule is [2H]C([2H])([2H])n1c2cnccc2c2c1n(-c1ccccc1)c1[n+]2Cc2cnccc2-1.c1cc2c(cn1)C[n+]1c-2oc2oc3cnccc3c21.c1cc2c(cn1)C[n+]1c-2oc2sc3cnccc3c21.c1ccc(-n2c3[n+](c4c2cc2cnccn24)Cc2cnccc2-3)cc1. The smallest absolute Gasteiger partial charge is 0.385 e. The number of aryl methyl sites for hydroxylation is 1. The van der Waals surface area contributed by atoms with Crippen LogP contribution in [0.4, 0.5) is 0 Å². The zero-order valence-electron chi connectivity index (χ0n) is 49.8. The quantitative estimate of drug-likeness (QED) is 0.150. The summed E-state index contributed by atoms with van der Waals surface area (Å²) in [6, 6.07) is 36.6. The van der Waals surface area contributed by atoms with E-state index in [0.717, 1.165) is 109 Å². The molecule has 0 spiro atoms. The van der Waals surface area contributed by atoms with Crippen LogP contribution in [0, 0.1) is 0 Å². The molecular formula is C69H46N16O3S+4. The molecule has 0 saturated carbocycles. The first-order valence-corrected chi connectivity index (χ1v) is 29.7. The molecule has 19 nitrogen and oxygen atoms in total. The summed E-state index contributed by atoms with van der Waals surface area (Å²) in [5.41, 5.74) is 19.9. The number of para-hydroxylation sites is 2. The molecule has 4 aliphatic rings. The van der Waals surface area contributed by atoms with Crippen LogP contribution < -0.4 is 18.3 Å². The van der Waals surface area contributed by atoms with Crippen LogP contribution in [0.15, 0.2) is 228 Å². The molecule has 0 radical (unpaired) electrons. The predicted octanol–water partition coefficient (Wildman–Crippen LogP) is 11.3. The van der Waals surface area contributed by atoms with Crippen LogP contribution in [0.3, 0.4) is 0 Å². The van der Waals surface area contributed by atoms with Gasteiger partial charge in [0, 0.05) is 103 Å². The highest BCUT2D eigenvalue weighted by atomic mass is 32.1. The zero-order chi connectivity index (χ0) is 60.9. The van der Waals surface area contributed by atoms with E-state index < -0.39 is 6.98 Å². The number of imidazole rings is 2. The molecule has 0 saturated heterocycles. The number of fused-ring (bicyclic) bond motifs is 28. The predicted molar refractivity (Wildman–Crippen MR) is 333 cm³/mol. The minimum absolute atomic E-state index is 0.556. The average Bonchev–Trinajstić information content (AvgIpc) is 1.54. The average molecular weight is 1180 g/mol. The molecular weight excluding hydrogens is 1130 g/mol. The second-order valence-electron chi connectivity index (χ2n) is 22.1. The molecule has 0 bridgehead atoms. The van der Waals surface area contributed by atoms with Crippen molar-refractivity contribution in [2.24, 2.45) is 6.98 Å². The highest BCUT2D eigenvalue weighted by Crippen LogP contribution is 2.41. The third-order valence-electron chi connectivity index (χ3n) is 17.3. The van der Waals surface area contributed by atoms with Gasteiger partial charge in [-0.05, 0) is 66.7 Å². The van der Waals surface area contributed by atoms with Crippen molar-refractivity contribution in [1.82, 2.24) is 58.0 Å². The molecule has 0 atom stereocenters. The summed E-state index contributed by atoms with van der Waals surface area (Å²) in [7, 11) is 0. The molecule has 16 aromatic heterocycles. The van der Waals surface area contributed by atoms with Crippen molar-refractivity contribution in [2.75, 3.05) is 0 Å². The fraction of sp³-hybridized carbons (Fsp3) is 0.0725. The van der Waals surface area contributed by atoms with Crippen LogP contribution in [0.5, 0.6) is 0 Å². The normalized spacial score (nSPS) is 13.5. The lowest BCUT2D eigenvalue weighted by atomic mass is 10.1. The number of thiophene rings is 1. The first-order valence-electron chi connectivity index (χ1n) is 30.3. The Morgan fingerprint density at radius 3 is 1.72 bits per heavy atom. The van der Waals surface area contributed by atoms with Gasteiger partial charge in [-0.2, -0.15) is 9.13 Å². The number of aromatic nitrogens is 16. The molecule has 0 N–H and O–H groups in total. The number of benzene rings is 2. The number of oxazole rings is 2. The molecule has 20 heterocycles. The second-order valence-corrected chi connectivity index (χ2v) is 23.1. The second kappa shape index (κ2) is 19.1. The third-order valence-corrected chi connectivity index (χ3v) is 18.3. The molecule has 0 amide bonds. The first-order chi connectivity index (χ1) is 45.3. The summed E-state index contributed by atoms with van der Waals surface area (Å²) < 4.78 is 60.5. The summed E-state index contributed by atoms with van der Waals surface area (Å²) in [6.07, 6.45) is 31.2. The van der Waals surface area contributed by atoms with Crippen LogP contribution in [0.25, 0.3) is 139 Å². The molecule has 0 aliphatic carbocycles.